The zero-order valence-corrected chi connectivity index (χ0v) is 18.6. The molecule has 5 heteroatoms. The second kappa shape index (κ2) is 11.0. The zero-order valence-electron chi connectivity index (χ0n) is 18.6. The van der Waals surface area contributed by atoms with Crippen LogP contribution in [0.5, 0.6) is 0 Å². The number of nitrogens with one attached hydrogen (secondary N) is 1. The Morgan fingerprint density at radius 3 is 1.74 bits per heavy atom. The minimum Gasteiger partial charge on any atom is -0.478 e. The Balaban J connectivity index is 0.000000257. The van der Waals surface area contributed by atoms with Gasteiger partial charge in [-0.1, -0.05) is 97.1 Å². The molecule has 0 spiro atoms. The topological polar surface area (TPSA) is 75.6 Å². The lowest BCUT2D eigenvalue weighted by atomic mass is 9.98. The SMILES string of the molecule is O=C(NCc1ccccc1)OCC1c2ccccc2-c2ccccc21.O=C(O)c1ccccc1. The molecule has 0 fully saturated rings. The van der Waals surface area contributed by atoms with E-state index in [1.54, 1.807) is 30.3 Å². The number of ether oxygens (including phenoxy) is 1. The van der Waals surface area contributed by atoms with E-state index in [0.717, 1.165) is 5.56 Å². The first-order chi connectivity index (χ1) is 16.6. The first-order valence-electron chi connectivity index (χ1n) is 11.0. The molecule has 0 unspecified atom stereocenters. The number of carboxylic acids is 1. The summed E-state index contributed by atoms with van der Waals surface area (Å²) in [6.07, 6.45) is -0.384. The Kier molecular flexibility index (Phi) is 7.35. The largest absolute Gasteiger partial charge is 0.478 e. The molecule has 4 aromatic carbocycles. The summed E-state index contributed by atoms with van der Waals surface area (Å²) in [7, 11) is 0. The molecule has 0 aromatic heterocycles. The second-order valence-electron chi connectivity index (χ2n) is 7.84. The van der Waals surface area contributed by atoms with Gasteiger partial charge in [0.1, 0.15) is 6.61 Å². The van der Waals surface area contributed by atoms with Gasteiger partial charge >= 0.3 is 12.1 Å². The third-order valence-corrected chi connectivity index (χ3v) is 5.64. The van der Waals surface area contributed by atoms with E-state index in [4.69, 9.17) is 9.84 Å². The van der Waals surface area contributed by atoms with Crippen LogP contribution in [0.25, 0.3) is 11.1 Å². The maximum atomic E-state index is 12.1. The van der Waals surface area contributed by atoms with Crippen molar-refractivity contribution in [3.63, 3.8) is 0 Å². The average Bonchev–Trinajstić information content (AvgIpc) is 3.21. The molecule has 1 aliphatic carbocycles. The van der Waals surface area contributed by atoms with Crippen LogP contribution in [0.1, 0.15) is 33.0 Å². The number of alkyl carbamates (subject to hydrolysis) is 1. The molecular formula is C29H25NO4. The molecule has 2 N–H and O–H groups in total. The molecule has 1 amide bonds. The molecule has 0 radical (unpaired) electrons. The summed E-state index contributed by atoms with van der Waals surface area (Å²) >= 11 is 0. The Bertz CT molecular complexity index is 1210. The Hall–Kier alpha value is -4.38. The van der Waals surface area contributed by atoms with Crippen LogP contribution in [-0.4, -0.2) is 23.8 Å². The van der Waals surface area contributed by atoms with Gasteiger partial charge in [-0.25, -0.2) is 9.59 Å². The molecule has 0 saturated heterocycles. The molecule has 170 valence electrons. The Morgan fingerprint density at radius 2 is 1.21 bits per heavy atom. The van der Waals surface area contributed by atoms with Gasteiger partial charge in [-0.15, -0.1) is 0 Å². The van der Waals surface area contributed by atoms with Crippen LogP contribution in [-0.2, 0) is 11.3 Å². The van der Waals surface area contributed by atoms with Crippen LogP contribution in [0.3, 0.4) is 0 Å². The summed E-state index contributed by atoms with van der Waals surface area (Å²) in [6, 6.07) is 34.8. The highest BCUT2D eigenvalue weighted by molar-refractivity contribution is 5.87. The van der Waals surface area contributed by atoms with Crippen molar-refractivity contribution < 1.29 is 19.4 Å². The number of carbonyl (C=O) groups is 2. The lowest BCUT2D eigenvalue weighted by Gasteiger charge is -2.14. The van der Waals surface area contributed by atoms with Crippen molar-refractivity contribution in [3.8, 4) is 11.1 Å². The van der Waals surface area contributed by atoms with Crippen molar-refractivity contribution in [1.82, 2.24) is 5.32 Å². The number of aromatic carboxylic acids is 1. The minimum atomic E-state index is -0.879. The van der Waals surface area contributed by atoms with E-state index in [1.165, 1.54) is 22.3 Å². The standard InChI is InChI=1S/C22H19NO2.C7H6O2/c24-22(23-14-16-8-2-1-3-9-16)25-15-21-19-12-6-4-10-17(19)18-11-5-7-13-20(18)21;8-7(9)6-4-2-1-3-5-6/h1-13,21H,14-15H2,(H,23,24);1-5H,(H,8,9). The number of benzene rings is 4. The first kappa shape index (κ1) is 22.8. The maximum absolute atomic E-state index is 12.1. The number of carboxylic acid groups (broad SMARTS) is 1. The third kappa shape index (κ3) is 5.51. The van der Waals surface area contributed by atoms with E-state index >= 15 is 0 Å². The minimum absolute atomic E-state index is 0.0925. The summed E-state index contributed by atoms with van der Waals surface area (Å²) in [4.78, 5) is 22.3. The van der Waals surface area contributed by atoms with E-state index < -0.39 is 5.97 Å². The quantitative estimate of drug-likeness (QED) is 0.384. The van der Waals surface area contributed by atoms with Crippen LogP contribution in [0.15, 0.2) is 109 Å². The normalized spacial score (nSPS) is 11.4. The van der Waals surface area contributed by atoms with Crippen LogP contribution in [0.2, 0.25) is 0 Å². The van der Waals surface area contributed by atoms with E-state index in [0.29, 0.717) is 18.7 Å². The van der Waals surface area contributed by atoms with E-state index in [9.17, 15) is 9.59 Å². The summed E-state index contributed by atoms with van der Waals surface area (Å²) in [6.45, 7) is 0.812. The lowest BCUT2D eigenvalue weighted by molar-refractivity contribution is 0.0696. The molecule has 0 saturated carbocycles. The summed E-state index contributed by atoms with van der Waals surface area (Å²) in [5, 5.41) is 11.2. The van der Waals surface area contributed by atoms with Crippen LogP contribution in [0, 0.1) is 0 Å². The first-order valence-corrected chi connectivity index (χ1v) is 11.0. The average molecular weight is 452 g/mol. The number of carbonyl (C=O) groups excluding carboxylic acids is 1. The number of hydrogen-bond acceptors (Lipinski definition) is 3. The lowest BCUT2D eigenvalue weighted by Crippen LogP contribution is -2.25. The number of fused-ring (bicyclic) bond motifs is 3. The van der Waals surface area contributed by atoms with E-state index in [1.807, 2.05) is 54.6 Å². The molecule has 0 heterocycles. The molecule has 0 atom stereocenters. The van der Waals surface area contributed by atoms with Gasteiger partial charge in [0.25, 0.3) is 0 Å². The van der Waals surface area contributed by atoms with Gasteiger partial charge in [0.15, 0.2) is 0 Å². The number of hydrogen-bond donors (Lipinski definition) is 2. The van der Waals surface area contributed by atoms with Crippen LogP contribution in [0.4, 0.5) is 4.79 Å². The van der Waals surface area contributed by atoms with E-state index in [2.05, 4.69) is 29.6 Å². The van der Waals surface area contributed by atoms with Crippen LogP contribution >= 0.6 is 0 Å². The van der Waals surface area contributed by atoms with Gasteiger partial charge in [-0.05, 0) is 39.9 Å². The highest BCUT2D eigenvalue weighted by Gasteiger charge is 2.28. The highest BCUT2D eigenvalue weighted by Crippen LogP contribution is 2.44. The van der Waals surface area contributed by atoms with Gasteiger partial charge < -0.3 is 15.2 Å². The number of rotatable bonds is 5. The van der Waals surface area contributed by atoms with Gasteiger partial charge in [-0.3, -0.25) is 0 Å². The fraction of sp³-hybridized carbons (Fsp3) is 0.103. The van der Waals surface area contributed by atoms with Gasteiger partial charge in [0.05, 0.1) is 5.56 Å². The van der Waals surface area contributed by atoms with Crippen molar-refractivity contribution in [1.29, 1.82) is 0 Å². The smallest absolute Gasteiger partial charge is 0.407 e. The predicted octanol–water partition coefficient (Wildman–Crippen LogP) is 6.11. The molecule has 34 heavy (non-hydrogen) atoms. The number of amides is 1. The Labute approximate surface area is 198 Å². The van der Waals surface area contributed by atoms with Gasteiger partial charge in [0, 0.05) is 12.5 Å². The molecule has 1 aliphatic rings. The second-order valence-corrected chi connectivity index (χ2v) is 7.84. The fourth-order valence-corrected chi connectivity index (χ4v) is 4.00. The molecule has 4 aromatic rings. The fourth-order valence-electron chi connectivity index (χ4n) is 4.00. The Morgan fingerprint density at radius 1 is 0.706 bits per heavy atom. The summed E-state index contributed by atoms with van der Waals surface area (Å²) in [5.41, 5.74) is 6.29. The van der Waals surface area contributed by atoms with Gasteiger partial charge in [-0.2, -0.15) is 0 Å². The van der Waals surface area contributed by atoms with Crippen molar-refractivity contribution >= 4 is 12.1 Å². The van der Waals surface area contributed by atoms with Crippen molar-refractivity contribution in [2.24, 2.45) is 0 Å². The molecule has 0 aliphatic heterocycles. The molecule has 5 nitrogen and oxygen atoms in total. The zero-order chi connectivity index (χ0) is 23.8. The highest BCUT2D eigenvalue weighted by atomic mass is 16.5. The van der Waals surface area contributed by atoms with Crippen molar-refractivity contribution in [2.45, 2.75) is 12.5 Å². The predicted molar refractivity (Wildman–Crippen MR) is 132 cm³/mol. The van der Waals surface area contributed by atoms with Crippen molar-refractivity contribution in [3.05, 3.63) is 131 Å². The maximum Gasteiger partial charge on any atom is 0.407 e. The van der Waals surface area contributed by atoms with Crippen LogP contribution < -0.4 is 5.32 Å². The van der Waals surface area contributed by atoms with Crippen molar-refractivity contribution in [2.75, 3.05) is 6.61 Å². The summed E-state index contributed by atoms with van der Waals surface area (Å²) in [5.74, 6) is -0.787. The summed E-state index contributed by atoms with van der Waals surface area (Å²) < 4.78 is 5.51. The van der Waals surface area contributed by atoms with E-state index in [-0.39, 0.29) is 12.0 Å². The molecular weight excluding hydrogens is 426 g/mol. The monoisotopic (exact) mass is 451 g/mol. The molecule has 0 bridgehead atoms. The molecule has 5 rings (SSSR count). The van der Waals surface area contributed by atoms with Gasteiger partial charge in [0.2, 0.25) is 0 Å². The third-order valence-electron chi connectivity index (χ3n) is 5.64.